The van der Waals surface area contributed by atoms with Gasteiger partial charge in [-0.05, 0) is 25.7 Å². The van der Waals surface area contributed by atoms with Crippen LogP contribution in [0.4, 0.5) is 0 Å². The van der Waals surface area contributed by atoms with Gasteiger partial charge in [0, 0.05) is 11.4 Å². The lowest BCUT2D eigenvalue weighted by atomic mass is 10.2. The fourth-order valence-electron chi connectivity index (χ4n) is 1.40. The number of aryl methyl sites for hydroxylation is 1. The van der Waals surface area contributed by atoms with Gasteiger partial charge in [-0.3, -0.25) is 0 Å². The van der Waals surface area contributed by atoms with E-state index in [4.69, 9.17) is 5.11 Å². The first-order chi connectivity index (χ1) is 7.58. The molecule has 16 heavy (non-hydrogen) atoms. The molecular weight excluding hydrogens is 228 g/mol. The summed E-state index contributed by atoms with van der Waals surface area (Å²) in [5.74, 6) is 0.462. The Hall–Kier alpha value is -1.30. The molecule has 1 heterocycles. The number of carbonyl (C=O) groups is 1. The Morgan fingerprint density at radius 2 is 2.31 bits per heavy atom. The molecule has 2 N–H and O–H groups in total. The van der Waals surface area contributed by atoms with Gasteiger partial charge in [-0.1, -0.05) is 0 Å². The zero-order chi connectivity index (χ0) is 11.7. The summed E-state index contributed by atoms with van der Waals surface area (Å²) in [5.41, 5.74) is -0.00292. The van der Waals surface area contributed by atoms with Gasteiger partial charge >= 0.3 is 11.7 Å². The molecule has 0 bridgehead atoms. The number of carboxylic acids is 1. The van der Waals surface area contributed by atoms with Crippen LogP contribution in [0.5, 0.6) is 0 Å². The largest absolute Gasteiger partial charge is 0.478 e. The third-order valence-corrected chi connectivity index (χ3v) is 3.66. The van der Waals surface area contributed by atoms with Crippen molar-refractivity contribution in [3.63, 3.8) is 0 Å². The topological polar surface area (TPSA) is 83.0 Å². The Morgan fingerprint density at radius 3 is 2.88 bits per heavy atom. The number of rotatable bonds is 4. The van der Waals surface area contributed by atoms with E-state index in [1.165, 1.54) is 24.6 Å². The summed E-state index contributed by atoms with van der Waals surface area (Å²) < 4.78 is 0. The monoisotopic (exact) mass is 240 g/mol. The van der Waals surface area contributed by atoms with Crippen LogP contribution in [-0.4, -0.2) is 26.8 Å². The molecule has 1 aromatic rings. The number of nitrogens with zero attached hydrogens (tertiary/aromatic N) is 1. The van der Waals surface area contributed by atoms with E-state index in [-0.39, 0.29) is 5.56 Å². The molecule has 1 aliphatic rings. The highest BCUT2D eigenvalue weighted by atomic mass is 32.2. The molecule has 1 aromatic heterocycles. The summed E-state index contributed by atoms with van der Waals surface area (Å²) in [6.45, 7) is 1.58. The molecule has 1 saturated carbocycles. The fourth-order valence-corrected chi connectivity index (χ4v) is 2.66. The van der Waals surface area contributed by atoms with E-state index < -0.39 is 11.7 Å². The molecule has 2 rings (SSSR count). The number of aromatic carboxylic acids is 1. The normalized spacial score (nSPS) is 15.1. The van der Waals surface area contributed by atoms with E-state index >= 15 is 0 Å². The molecule has 0 aliphatic heterocycles. The molecule has 1 fully saturated rings. The first-order valence-electron chi connectivity index (χ1n) is 5.05. The Morgan fingerprint density at radius 1 is 1.62 bits per heavy atom. The van der Waals surface area contributed by atoms with Crippen molar-refractivity contribution in [3.8, 4) is 0 Å². The molecule has 0 aromatic carbocycles. The molecule has 0 spiro atoms. The zero-order valence-electron chi connectivity index (χ0n) is 8.82. The summed E-state index contributed by atoms with van der Waals surface area (Å²) in [6.07, 6.45) is 2.38. The summed E-state index contributed by atoms with van der Waals surface area (Å²) >= 11 is 1.36. The highest BCUT2D eigenvalue weighted by Crippen LogP contribution is 2.35. The molecular formula is C10H12N2O3S. The highest BCUT2D eigenvalue weighted by Gasteiger charge is 2.24. The van der Waals surface area contributed by atoms with E-state index in [0.717, 1.165) is 5.75 Å². The second-order valence-electron chi connectivity index (χ2n) is 3.91. The van der Waals surface area contributed by atoms with Gasteiger partial charge < -0.3 is 10.1 Å². The molecule has 0 amide bonds. The van der Waals surface area contributed by atoms with Crippen LogP contribution in [0, 0.1) is 12.8 Å². The SMILES string of the molecule is Cc1[nH]c(=O)nc(SCC2CC2)c1C(=O)O. The third kappa shape index (κ3) is 2.44. The lowest BCUT2D eigenvalue weighted by Crippen LogP contribution is -2.18. The highest BCUT2D eigenvalue weighted by molar-refractivity contribution is 7.99. The van der Waals surface area contributed by atoms with Gasteiger partial charge in [0.15, 0.2) is 0 Å². The van der Waals surface area contributed by atoms with Gasteiger partial charge in [-0.2, -0.15) is 4.98 Å². The quantitative estimate of drug-likeness (QED) is 0.612. The molecule has 1 aliphatic carbocycles. The fraction of sp³-hybridized carbons (Fsp3) is 0.500. The second kappa shape index (κ2) is 4.29. The van der Waals surface area contributed by atoms with Crippen molar-refractivity contribution in [2.45, 2.75) is 24.8 Å². The molecule has 0 atom stereocenters. The number of hydrogen-bond acceptors (Lipinski definition) is 4. The van der Waals surface area contributed by atoms with Crippen LogP contribution in [0.25, 0.3) is 0 Å². The number of H-pyrrole nitrogens is 1. The Labute approximate surface area is 96.3 Å². The maximum Gasteiger partial charge on any atom is 0.346 e. The van der Waals surface area contributed by atoms with Crippen LogP contribution < -0.4 is 5.69 Å². The molecule has 5 nitrogen and oxygen atoms in total. The van der Waals surface area contributed by atoms with Crippen molar-refractivity contribution in [2.24, 2.45) is 5.92 Å². The van der Waals surface area contributed by atoms with Crippen LogP contribution >= 0.6 is 11.8 Å². The first-order valence-corrected chi connectivity index (χ1v) is 6.03. The minimum atomic E-state index is -1.04. The lowest BCUT2D eigenvalue weighted by molar-refractivity contribution is 0.0690. The first kappa shape index (κ1) is 11.2. The molecule has 0 unspecified atom stereocenters. The number of nitrogens with one attached hydrogen (secondary N) is 1. The molecule has 0 radical (unpaired) electrons. The van der Waals surface area contributed by atoms with Crippen molar-refractivity contribution < 1.29 is 9.90 Å². The smallest absolute Gasteiger partial charge is 0.346 e. The minimum absolute atomic E-state index is 0.116. The van der Waals surface area contributed by atoms with Gasteiger partial charge in [-0.15, -0.1) is 11.8 Å². The van der Waals surface area contributed by atoms with Gasteiger partial charge in [0.2, 0.25) is 0 Å². The number of carboxylic acid groups (broad SMARTS) is 1. The molecule has 0 saturated heterocycles. The predicted molar refractivity (Wildman–Crippen MR) is 60.0 cm³/mol. The van der Waals surface area contributed by atoms with Crippen LogP contribution in [0.15, 0.2) is 9.82 Å². The Balaban J connectivity index is 2.31. The number of aromatic amines is 1. The van der Waals surface area contributed by atoms with Crippen LogP contribution in [0.2, 0.25) is 0 Å². The third-order valence-electron chi connectivity index (χ3n) is 2.45. The summed E-state index contributed by atoms with van der Waals surface area (Å²) in [4.78, 5) is 28.3. The number of hydrogen-bond donors (Lipinski definition) is 2. The number of thioether (sulfide) groups is 1. The maximum absolute atomic E-state index is 11.2. The lowest BCUT2D eigenvalue weighted by Gasteiger charge is -2.05. The van der Waals surface area contributed by atoms with E-state index in [2.05, 4.69) is 9.97 Å². The zero-order valence-corrected chi connectivity index (χ0v) is 9.63. The van der Waals surface area contributed by atoms with Gasteiger partial charge in [-0.25, -0.2) is 9.59 Å². The van der Waals surface area contributed by atoms with Crippen LogP contribution in [0.3, 0.4) is 0 Å². The van der Waals surface area contributed by atoms with E-state index in [1.807, 2.05) is 0 Å². The second-order valence-corrected chi connectivity index (χ2v) is 4.92. The Kier molecular flexibility index (Phi) is 3.00. The molecule has 6 heteroatoms. The van der Waals surface area contributed by atoms with Gasteiger partial charge in [0.25, 0.3) is 0 Å². The van der Waals surface area contributed by atoms with E-state index in [0.29, 0.717) is 16.6 Å². The molecule has 86 valence electrons. The predicted octanol–water partition coefficient (Wildman–Crippen LogP) is 1.28. The average molecular weight is 240 g/mol. The van der Waals surface area contributed by atoms with Crippen molar-refractivity contribution in [2.75, 3.05) is 5.75 Å². The van der Waals surface area contributed by atoms with Gasteiger partial charge in [0.05, 0.1) is 0 Å². The standard InChI is InChI=1S/C10H12N2O3S/c1-5-7(9(13)14)8(12-10(15)11-5)16-4-6-2-3-6/h6H,2-4H2,1H3,(H,13,14)(H,11,12,15). The average Bonchev–Trinajstić information content (AvgIpc) is 2.95. The maximum atomic E-state index is 11.2. The minimum Gasteiger partial charge on any atom is -0.478 e. The summed E-state index contributed by atoms with van der Waals surface area (Å²) in [6, 6.07) is 0. The van der Waals surface area contributed by atoms with E-state index in [9.17, 15) is 9.59 Å². The van der Waals surface area contributed by atoms with Crippen molar-refractivity contribution >= 4 is 17.7 Å². The summed E-state index contributed by atoms with van der Waals surface area (Å²) in [7, 11) is 0. The van der Waals surface area contributed by atoms with Crippen molar-refractivity contribution in [3.05, 3.63) is 21.7 Å². The Bertz CT molecular complexity index is 479. The van der Waals surface area contributed by atoms with Crippen LogP contribution in [-0.2, 0) is 0 Å². The van der Waals surface area contributed by atoms with Crippen molar-refractivity contribution in [1.29, 1.82) is 0 Å². The number of aromatic nitrogens is 2. The van der Waals surface area contributed by atoms with Crippen LogP contribution in [0.1, 0.15) is 28.9 Å². The summed E-state index contributed by atoms with van der Waals surface area (Å²) in [5, 5.41) is 9.38. The van der Waals surface area contributed by atoms with Gasteiger partial charge in [0.1, 0.15) is 10.6 Å². The van der Waals surface area contributed by atoms with Crippen molar-refractivity contribution in [1.82, 2.24) is 9.97 Å². The van der Waals surface area contributed by atoms with E-state index in [1.54, 1.807) is 6.92 Å².